The quantitative estimate of drug-likeness (QED) is 0.669. The fourth-order valence-electron chi connectivity index (χ4n) is 7.35. The summed E-state index contributed by atoms with van der Waals surface area (Å²) in [6.07, 6.45) is 14.3. The standard InChI is InChI=1S/C22H30O2/c1-4-5-14-12-15-13-16(23)8-10-21(15,2)18-9-11-22(3)17(20(14)18)6-7-19(22)24/h1,14-15,17-18,20H,5-13H2,2-3H3/t14?,15?,17-,18+,20-,21-,22-/m0/s1. The minimum absolute atomic E-state index is 0.0955. The first kappa shape index (κ1) is 16.4. The summed E-state index contributed by atoms with van der Waals surface area (Å²) in [6, 6.07) is 0. The zero-order valence-corrected chi connectivity index (χ0v) is 15.1. The molecule has 4 rings (SSSR count). The highest BCUT2D eigenvalue weighted by molar-refractivity contribution is 5.87. The first-order valence-electron chi connectivity index (χ1n) is 9.88. The van der Waals surface area contributed by atoms with E-state index in [1.807, 2.05) is 0 Å². The van der Waals surface area contributed by atoms with Crippen molar-refractivity contribution in [1.29, 1.82) is 0 Å². The number of Topliss-reactive ketones (excluding diaryl/α,β-unsaturated/α-hetero) is 2. The zero-order chi connectivity index (χ0) is 17.1. The number of hydrogen-bond donors (Lipinski definition) is 0. The van der Waals surface area contributed by atoms with Gasteiger partial charge in [-0.05, 0) is 67.1 Å². The smallest absolute Gasteiger partial charge is 0.139 e. The molecule has 4 fully saturated rings. The maximum absolute atomic E-state index is 12.6. The minimum Gasteiger partial charge on any atom is -0.300 e. The minimum atomic E-state index is -0.0955. The van der Waals surface area contributed by atoms with Gasteiger partial charge in [0.05, 0.1) is 0 Å². The lowest BCUT2D eigenvalue weighted by molar-refractivity contribution is -0.153. The molecule has 0 spiro atoms. The Bertz CT molecular complexity index is 614. The highest BCUT2D eigenvalue weighted by Crippen LogP contribution is 2.66. The molecule has 0 amide bonds. The molecule has 2 heteroatoms. The lowest BCUT2D eigenvalue weighted by atomic mass is 9.42. The number of terminal acetylenes is 1. The molecule has 2 nitrogen and oxygen atoms in total. The van der Waals surface area contributed by atoms with Crippen molar-refractivity contribution in [3.05, 3.63) is 0 Å². The molecule has 0 saturated heterocycles. The van der Waals surface area contributed by atoms with Gasteiger partial charge in [0.25, 0.3) is 0 Å². The first-order chi connectivity index (χ1) is 11.4. The van der Waals surface area contributed by atoms with Gasteiger partial charge >= 0.3 is 0 Å². The third-order valence-electron chi connectivity index (χ3n) is 8.75. The Labute approximate surface area is 146 Å². The highest BCUT2D eigenvalue weighted by atomic mass is 16.1. The topological polar surface area (TPSA) is 34.1 Å². The molecule has 4 aliphatic carbocycles. The van der Waals surface area contributed by atoms with Crippen LogP contribution < -0.4 is 0 Å². The van der Waals surface area contributed by atoms with Crippen molar-refractivity contribution in [2.45, 2.75) is 71.6 Å². The second-order valence-electron chi connectivity index (χ2n) is 9.56. The van der Waals surface area contributed by atoms with Crippen molar-refractivity contribution in [2.75, 3.05) is 0 Å². The van der Waals surface area contributed by atoms with Crippen molar-refractivity contribution in [3.8, 4) is 12.3 Å². The van der Waals surface area contributed by atoms with Gasteiger partial charge in [-0.25, -0.2) is 0 Å². The summed E-state index contributed by atoms with van der Waals surface area (Å²) in [5, 5.41) is 0. The number of carbonyl (C=O) groups is 2. The number of hydrogen-bond acceptors (Lipinski definition) is 2. The molecular formula is C22H30O2. The Morgan fingerprint density at radius 2 is 1.92 bits per heavy atom. The second kappa shape index (κ2) is 5.45. The van der Waals surface area contributed by atoms with Crippen LogP contribution in [0.4, 0.5) is 0 Å². The Morgan fingerprint density at radius 1 is 1.12 bits per heavy atom. The number of fused-ring (bicyclic) bond motifs is 5. The fraction of sp³-hybridized carbons (Fsp3) is 0.818. The molecule has 24 heavy (non-hydrogen) atoms. The number of rotatable bonds is 1. The largest absolute Gasteiger partial charge is 0.300 e. The predicted molar refractivity (Wildman–Crippen MR) is 94.1 cm³/mol. The number of carbonyl (C=O) groups excluding carboxylic acids is 2. The zero-order valence-electron chi connectivity index (χ0n) is 15.1. The predicted octanol–water partition coefficient (Wildman–Crippen LogP) is 4.42. The van der Waals surface area contributed by atoms with Gasteiger partial charge in [0, 0.05) is 31.1 Å². The van der Waals surface area contributed by atoms with E-state index in [9.17, 15) is 9.59 Å². The van der Waals surface area contributed by atoms with Crippen molar-refractivity contribution in [2.24, 2.45) is 40.4 Å². The molecule has 0 aliphatic heterocycles. The molecule has 7 atom stereocenters. The summed E-state index contributed by atoms with van der Waals surface area (Å²) in [5.74, 6) is 6.68. The summed E-state index contributed by atoms with van der Waals surface area (Å²) in [5.41, 5.74) is 0.193. The van der Waals surface area contributed by atoms with Crippen LogP contribution in [-0.2, 0) is 9.59 Å². The van der Waals surface area contributed by atoms with Crippen LogP contribution in [0.25, 0.3) is 0 Å². The SMILES string of the molecule is C#CCC1CC2CC(=O)CC[C@]2(C)[C@@H]2CC[C@]3(C)C(=O)CC[C@H]3[C@H]12. The van der Waals surface area contributed by atoms with E-state index >= 15 is 0 Å². The van der Waals surface area contributed by atoms with Gasteiger partial charge < -0.3 is 0 Å². The van der Waals surface area contributed by atoms with E-state index < -0.39 is 0 Å². The maximum Gasteiger partial charge on any atom is 0.139 e. The van der Waals surface area contributed by atoms with Gasteiger partial charge in [-0.15, -0.1) is 12.3 Å². The Balaban J connectivity index is 1.73. The van der Waals surface area contributed by atoms with Crippen molar-refractivity contribution < 1.29 is 9.59 Å². The summed E-state index contributed by atoms with van der Waals surface area (Å²) in [4.78, 5) is 24.7. The molecular weight excluding hydrogens is 296 g/mol. The third-order valence-corrected chi connectivity index (χ3v) is 8.75. The third kappa shape index (κ3) is 2.09. The molecule has 130 valence electrons. The molecule has 0 aromatic rings. The van der Waals surface area contributed by atoms with E-state index in [4.69, 9.17) is 6.42 Å². The Hall–Kier alpha value is -1.10. The molecule has 0 aromatic heterocycles. The van der Waals surface area contributed by atoms with Crippen LogP contribution in [-0.4, -0.2) is 11.6 Å². The van der Waals surface area contributed by atoms with Crippen LogP contribution in [0, 0.1) is 52.8 Å². The van der Waals surface area contributed by atoms with Crippen LogP contribution in [0.15, 0.2) is 0 Å². The van der Waals surface area contributed by atoms with E-state index in [1.165, 1.54) is 0 Å². The Kier molecular flexibility index (Phi) is 3.72. The summed E-state index contributed by atoms with van der Waals surface area (Å²) in [6.45, 7) is 4.68. The second-order valence-corrected chi connectivity index (χ2v) is 9.56. The fourth-order valence-corrected chi connectivity index (χ4v) is 7.35. The van der Waals surface area contributed by atoms with Crippen molar-refractivity contribution in [3.63, 3.8) is 0 Å². The van der Waals surface area contributed by atoms with Gasteiger partial charge in [0.15, 0.2) is 0 Å². The van der Waals surface area contributed by atoms with Gasteiger partial charge in [0.1, 0.15) is 11.6 Å². The summed E-state index contributed by atoms with van der Waals surface area (Å²) < 4.78 is 0. The maximum atomic E-state index is 12.6. The van der Waals surface area contributed by atoms with Gasteiger partial charge in [-0.2, -0.15) is 0 Å². The van der Waals surface area contributed by atoms with Crippen LogP contribution >= 0.6 is 0 Å². The molecule has 0 aromatic carbocycles. The van der Waals surface area contributed by atoms with Crippen LogP contribution in [0.5, 0.6) is 0 Å². The molecule has 0 heterocycles. The molecule has 0 bridgehead atoms. The molecule has 4 saturated carbocycles. The highest BCUT2D eigenvalue weighted by Gasteiger charge is 2.62. The van der Waals surface area contributed by atoms with E-state index in [2.05, 4.69) is 19.8 Å². The van der Waals surface area contributed by atoms with Crippen molar-refractivity contribution in [1.82, 2.24) is 0 Å². The summed E-state index contributed by atoms with van der Waals surface area (Å²) >= 11 is 0. The normalized spacial score (nSPS) is 50.6. The Morgan fingerprint density at radius 3 is 2.67 bits per heavy atom. The van der Waals surface area contributed by atoms with E-state index in [0.29, 0.717) is 41.2 Å². The van der Waals surface area contributed by atoms with Crippen LogP contribution in [0.2, 0.25) is 0 Å². The van der Waals surface area contributed by atoms with E-state index in [1.54, 1.807) is 0 Å². The average Bonchev–Trinajstić information content (AvgIpc) is 2.85. The monoisotopic (exact) mass is 326 g/mol. The molecule has 4 aliphatic rings. The molecule has 0 N–H and O–H groups in total. The van der Waals surface area contributed by atoms with Crippen molar-refractivity contribution >= 4 is 11.6 Å². The summed E-state index contributed by atoms with van der Waals surface area (Å²) in [7, 11) is 0. The molecule has 2 unspecified atom stereocenters. The number of ketones is 2. The first-order valence-corrected chi connectivity index (χ1v) is 9.88. The average molecular weight is 326 g/mol. The van der Waals surface area contributed by atoms with Crippen LogP contribution in [0.3, 0.4) is 0 Å². The lowest BCUT2D eigenvalue weighted by Crippen LogP contribution is -2.56. The van der Waals surface area contributed by atoms with Crippen LogP contribution in [0.1, 0.15) is 71.6 Å². The van der Waals surface area contributed by atoms with E-state index in [-0.39, 0.29) is 10.8 Å². The molecule has 0 radical (unpaired) electrons. The van der Waals surface area contributed by atoms with Gasteiger partial charge in [-0.3, -0.25) is 9.59 Å². The van der Waals surface area contributed by atoms with Gasteiger partial charge in [0.2, 0.25) is 0 Å². The lowest BCUT2D eigenvalue weighted by Gasteiger charge is -2.61. The van der Waals surface area contributed by atoms with Gasteiger partial charge in [-0.1, -0.05) is 13.8 Å². The van der Waals surface area contributed by atoms with E-state index in [0.717, 1.165) is 57.8 Å².